The summed E-state index contributed by atoms with van der Waals surface area (Å²) in [5, 5.41) is 0. The summed E-state index contributed by atoms with van der Waals surface area (Å²) in [4.78, 5) is 0. The van der Waals surface area contributed by atoms with Gasteiger partial charge in [0.15, 0.2) is 0 Å². The zero-order valence-corrected chi connectivity index (χ0v) is 9.32. The zero-order chi connectivity index (χ0) is 11.3. The lowest BCUT2D eigenvalue weighted by molar-refractivity contribution is 0.179. The first kappa shape index (κ1) is 11.8. The van der Waals surface area contributed by atoms with Crippen molar-refractivity contribution in [3.8, 4) is 11.5 Å². The number of benzene rings is 1. The van der Waals surface area contributed by atoms with Crippen LogP contribution in [0.1, 0.15) is 11.6 Å². The van der Waals surface area contributed by atoms with E-state index in [9.17, 15) is 0 Å². The van der Waals surface area contributed by atoms with E-state index >= 15 is 0 Å². The van der Waals surface area contributed by atoms with Crippen LogP contribution < -0.4 is 15.2 Å². The molecule has 0 aliphatic rings. The van der Waals surface area contributed by atoms with Gasteiger partial charge in [0.25, 0.3) is 0 Å². The second-order valence-corrected chi connectivity index (χ2v) is 3.17. The van der Waals surface area contributed by atoms with Gasteiger partial charge < -0.3 is 19.9 Å². The van der Waals surface area contributed by atoms with Crippen LogP contribution in [0.25, 0.3) is 0 Å². The summed E-state index contributed by atoms with van der Waals surface area (Å²) in [5.41, 5.74) is 6.84. The summed E-state index contributed by atoms with van der Waals surface area (Å²) < 4.78 is 15.3. The van der Waals surface area contributed by atoms with Crippen molar-refractivity contribution in [1.82, 2.24) is 0 Å². The molecule has 0 saturated heterocycles. The summed E-state index contributed by atoms with van der Waals surface area (Å²) in [7, 11) is 4.84. The molecular weight excluding hydrogens is 194 g/mol. The van der Waals surface area contributed by atoms with Gasteiger partial charge in [0.2, 0.25) is 0 Å². The molecule has 0 radical (unpaired) electrons. The topological polar surface area (TPSA) is 53.7 Å². The van der Waals surface area contributed by atoms with E-state index in [0.29, 0.717) is 6.61 Å². The fourth-order valence-electron chi connectivity index (χ4n) is 1.39. The van der Waals surface area contributed by atoms with Gasteiger partial charge >= 0.3 is 0 Å². The molecule has 0 aliphatic carbocycles. The molecule has 1 aromatic carbocycles. The van der Waals surface area contributed by atoms with Crippen molar-refractivity contribution in [2.24, 2.45) is 5.73 Å². The lowest BCUT2D eigenvalue weighted by Gasteiger charge is -2.15. The molecule has 0 spiro atoms. The van der Waals surface area contributed by atoms with Crippen LogP contribution in [0.4, 0.5) is 0 Å². The van der Waals surface area contributed by atoms with E-state index in [1.54, 1.807) is 21.3 Å². The first-order chi connectivity index (χ1) is 7.22. The monoisotopic (exact) mass is 211 g/mol. The molecular formula is C11H17NO3. The van der Waals surface area contributed by atoms with Crippen LogP contribution in [0, 0.1) is 0 Å². The van der Waals surface area contributed by atoms with Gasteiger partial charge in [-0.3, -0.25) is 0 Å². The fourth-order valence-corrected chi connectivity index (χ4v) is 1.39. The zero-order valence-electron chi connectivity index (χ0n) is 9.32. The van der Waals surface area contributed by atoms with Crippen LogP contribution in [0.3, 0.4) is 0 Å². The molecule has 4 nitrogen and oxygen atoms in total. The molecule has 15 heavy (non-hydrogen) atoms. The van der Waals surface area contributed by atoms with Crippen molar-refractivity contribution < 1.29 is 14.2 Å². The van der Waals surface area contributed by atoms with E-state index in [0.717, 1.165) is 17.1 Å². The average Bonchev–Trinajstić information content (AvgIpc) is 2.28. The van der Waals surface area contributed by atoms with Crippen LogP contribution in [-0.4, -0.2) is 27.9 Å². The second kappa shape index (κ2) is 5.58. The van der Waals surface area contributed by atoms with Gasteiger partial charge in [-0.15, -0.1) is 0 Å². The third-order valence-electron chi connectivity index (χ3n) is 2.19. The molecule has 0 heterocycles. The molecule has 0 bridgehead atoms. The Balaban J connectivity index is 2.96. The van der Waals surface area contributed by atoms with E-state index in [1.807, 2.05) is 18.2 Å². The molecule has 2 N–H and O–H groups in total. The quantitative estimate of drug-likeness (QED) is 0.798. The van der Waals surface area contributed by atoms with Crippen LogP contribution in [0.15, 0.2) is 18.2 Å². The van der Waals surface area contributed by atoms with Crippen molar-refractivity contribution in [2.75, 3.05) is 27.9 Å². The van der Waals surface area contributed by atoms with E-state index < -0.39 is 0 Å². The Kier molecular flexibility index (Phi) is 4.39. The summed E-state index contributed by atoms with van der Waals surface area (Å²) >= 11 is 0. The molecule has 0 saturated carbocycles. The molecule has 0 aliphatic heterocycles. The molecule has 1 unspecified atom stereocenters. The minimum Gasteiger partial charge on any atom is -0.497 e. The van der Waals surface area contributed by atoms with Crippen LogP contribution in [-0.2, 0) is 4.74 Å². The van der Waals surface area contributed by atoms with Crippen LogP contribution in [0.5, 0.6) is 11.5 Å². The highest BCUT2D eigenvalue weighted by Gasteiger charge is 2.12. The summed E-state index contributed by atoms with van der Waals surface area (Å²) in [5.74, 6) is 1.47. The summed E-state index contributed by atoms with van der Waals surface area (Å²) in [6.07, 6.45) is 0. The summed E-state index contributed by atoms with van der Waals surface area (Å²) in [6.45, 7) is 0.461. The van der Waals surface area contributed by atoms with Crippen molar-refractivity contribution in [3.05, 3.63) is 23.8 Å². The molecule has 4 heteroatoms. The highest BCUT2D eigenvalue weighted by Crippen LogP contribution is 2.28. The number of methoxy groups -OCH3 is 3. The number of nitrogens with two attached hydrogens (primary N) is 1. The predicted molar refractivity (Wildman–Crippen MR) is 58.4 cm³/mol. The number of hydrogen-bond donors (Lipinski definition) is 1. The van der Waals surface area contributed by atoms with Gasteiger partial charge in [-0.2, -0.15) is 0 Å². The average molecular weight is 211 g/mol. The Hall–Kier alpha value is -1.26. The molecule has 1 atom stereocenters. The van der Waals surface area contributed by atoms with Crippen molar-refractivity contribution in [2.45, 2.75) is 6.04 Å². The SMILES string of the molecule is COCC(N)c1ccc(OC)cc1OC. The highest BCUT2D eigenvalue weighted by atomic mass is 16.5. The van der Waals surface area contributed by atoms with Gasteiger partial charge in [-0.25, -0.2) is 0 Å². The fraction of sp³-hybridized carbons (Fsp3) is 0.455. The minimum atomic E-state index is -0.184. The Labute approximate surface area is 89.9 Å². The molecule has 1 rings (SSSR count). The Morgan fingerprint density at radius 1 is 1.20 bits per heavy atom. The van der Waals surface area contributed by atoms with Gasteiger partial charge in [-0.1, -0.05) is 0 Å². The third-order valence-corrected chi connectivity index (χ3v) is 2.19. The lowest BCUT2D eigenvalue weighted by atomic mass is 10.1. The predicted octanol–water partition coefficient (Wildman–Crippen LogP) is 1.35. The van der Waals surface area contributed by atoms with Gasteiger partial charge in [0.1, 0.15) is 11.5 Å². The second-order valence-electron chi connectivity index (χ2n) is 3.17. The molecule has 0 aromatic heterocycles. The number of hydrogen-bond acceptors (Lipinski definition) is 4. The minimum absolute atomic E-state index is 0.184. The van der Waals surface area contributed by atoms with Gasteiger partial charge in [-0.05, 0) is 12.1 Å². The van der Waals surface area contributed by atoms with Crippen LogP contribution >= 0.6 is 0 Å². The standard InChI is InChI=1S/C11H17NO3/c1-13-7-10(12)9-5-4-8(14-2)6-11(9)15-3/h4-6,10H,7,12H2,1-3H3. The third kappa shape index (κ3) is 2.84. The molecule has 0 amide bonds. The first-order valence-corrected chi connectivity index (χ1v) is 4.69. The van der Waals surface area contributed by atoms with Crippen molar-refractivity contribution in [1.29, 1.82) is 0 Å². The highest BCUT2D eigenvalue weighted by molar-refractivity contribution is 5.42. The van der Waals surface area contributed by atoms with Gasteiger partial charge in [0, 0.05) is 18.7 Å². The van der Waals surface area contributed by atoms with Crippen molar-refractivity contribution >= 4 is 0 Å². The maximum absolute atomic E-state index is 5.93. The van der Waals surface area contributed by atoms with E-state index in [-0.39, 0.29) is 6.04 Å². The van der Waals surface area contributed by atoms with Crippen molar-refractivity contribution in [3.63, 3.8) is 0 Å². The van der Waals surface area contributed by atoms with Gasteiger partial charge in [0.05, 0.1) is 26.9 Å². The largest absolute Gasteiger partial charge is 0.497 e. The first-order valence-electron chi connectivity index (χ1n) is 4.69. The summed E-state index contributed by atoms with van der Waals surface area (Å²) in [6, 6.07) is 5.37. The number of rotatable bonds is 5. The number of ether oxygens (including phenoxy) is 3. The molecule has 84 valence electrons. The maximum Gasteiger partial charge on any atom is 0.127 e. The Morgan fingerprint density at radius 2 is 1.93 bits per heavy atom. The van der Waals surface area contributed by atoms with E-state index in [2.05, 4.69) is 0 Å². The van der Waals surface area contributed by atoms with E-state index in [4.69, 9.17) is 19.9 Å². The Bertz CT molecular complexity index is 315. The smallest absolute Gasteiger partial charge is 0.127 e. The lowest BCUT2D eigenvalue weighted by Crippen LogP contribution is -2.16. The van der Waals surface area contributed by atoms with Crippen LogP contribution in [0.2, 0.25) is 0 Å². The van der Waals surface area contributed by atoms with E-state index in [1.165, 1.54) is 0 Å². The molecule has 0 fully saturated rings. The normalized spacial score (nSPS) is 12.3. The molecule has 1 aromatic rings. The Morgan fingerprint density at radius 3 is 2.47 bits per heavy atom. The maximum atomic E-state index is 5.93.